The lowest BCUT2D eigenvalue weighted by Gasteiger charge is -2.12. The van der Waals surface area contributed by atoms with E-state index in [1.54, 1.807) is 18.2 Å². The van der Waals surface area contributed by atoms with Crippen LogP contribution in [0.15, 0.2) is 71.6 Å². The summed E-state index contributed by atoms with van der Waals surface area (Å²) < 4.78 is 33.8. The van der Waals surface area contributed by atoms with Gasteiger partial charge in [0.2, 0.25) is 0 Å². The number of para-hydroxylation sites is 1. The van der Waals surface area contributed by atoms with Gasteiger partial charge in [-0.25, -0.2) is 8.42 Å². The molecule has 0 atom stereocenters. The second-order valence-corrected chi connectivity index (χ2v) is 9.05. The van der Waals surface area contributed by atoms with E-state index in [0.29, 0.717) is 5.69 Å². The molecule has 0 heterocycles. The second-order valence-electron chi connectivity index (χ2n) is 6.99. The fourth-order valence-corrected chi connectivity index (χ4v) is 4.49. The number of anilines is 1. The molecule has 0 bridgehead atoms. The summed E-state index contributed by atoms with van der Waals surface area (Å²) >= 11 is 6.12. The van der Waals surface area contributed by atoms with E-state index >= 15 is 0 Å². The lowest BCUT2D eigenvalue weighted by Crippen LogP contribution is -2.28. The van der Waals surface area contributed by atoms with Crippen molar-refractivity contribution < 1.29 is 17.9 Å². The highest BCUT2D eigenvalue weighted by Crippen LogP contribution is 2.25. The van der Waals surface area contributed by atoms with Crippen molar-refractivity contribution in [1.29, 1.82) is 0 Å². The molecule has 0 radical (unpaired) electrons. The topological polar surface area (TPSA) is 84.5 Å². The molecular formula is C23H23ClN2O4S. The maximum atomic E-state index is 12.8. The van der Waals surface area contributed by atoms with Gasteiger partial charge in [0.05, 0.1) is 11.6 Å². The van der Waals surface area contributed by atoms with Crippen molar-refractivity contribution in [3.63, 3.8) is 0 Å². The smallest absolute Gasteiger partial charge is 0.263 e. The van der Waals surface area contributed by atoms with E-state index in [1.807, 2.05) is 44.2 Å². The van der Waals surface area contributed by atoms with Gasteiger partial charge in [0, 0.05) is 11.3 Å². The largest absolute Gasteiger partial charge is 0.491 e. The quantitative estimate of drug-likeness (QED) is 0.484. The van der Waals surface area contributed by atoms with E-state index in [9.17, 15) is 13.2 Å². The number of ether oxygens (including phenoxy) is 1. The van der Waals surface area contributed by atoms with Crippen LogP contribution in [0.3, 0.4) is 0 Å². The molecule has 0 aliphatic carbocycles. The summed E-state index contributed by atoms with van der Waals surface area (Å²) in [5.74, 6) is 0.330. The molecule has 3 aromatic carbocycles. The lowest BCUT2D eigenvalue weighted by atomic mass is 10.2. The monoisotopic (exact) mass is 458 g/mol. The van der Waals surface area contributed by atoms with Gasteiger partial charge in [-0.15, -0.1) is 0 Å². The standard InChI is InChI=1S/C23H23ClN2O4S/c1-16-6-5-8-19(14-16)26-31(28,29)22-15-18(10-11-20(22)24)23(27)25-12-13-30-21-9-4-3-7-17(21)2/h3-11,14-15,26H,12-13H2,1-2H3,(H,25,27). The zero-order valence-electron chi connectivity index (χ0n) is 17.2. The fraction of sp³-hybridized carbons (Fsp3) is 0.174. The van der Waals surface area contributed by atoms with Crippen LogP contribution in [0, 0.1) is 13.8 Å². The number of carbonyl (C=O) groups is 1. The van der Waals surface area contributed by atoms with Crippen molar-refractivity contribution in [2.75, 3.05) is 17.9 Å². The number of sulfonamides is 1. The number of amides is 1. The Morgan fingerprint density at radius 3 is 2.52 bits per heavy atom. The summed E-state index contributed by atoms with van der Waals surface area (Å²) in [4.78, 5) is 12.3. The van der Waals surface area contributed by atoms with Gasteiger partial charge in [-0.3, -0.25) is 9.52 Å². The molecule has 6 nitrogen and oxygen atoms in total. The van der Waals surface area contributed by atoms with Gasteiger partial charge in [0.1, 0.15) is 17.3 Å². The van der Waals surface area contributed by atoms with E-state index in [4.69, 9.17) is 16.3 Å². The Labute approximate surface area is 187 Å². The Kier molecular flexibility index (Phi) is 7.20. The molecule has 0 aromatic heterocycles. The van der Waals surface area contributed by atoms with Crippen molar-refractivity contribution in [1.82, 2.24) is 5.32 Å². The molecule has 3 rings (SSSR count). The Bertz CT molecular complexity index is 1200. The zero-order chi connectivity index (χ0) is 22.4. The number of carbonyl (C=O) groups excluding carboxylic acids is 1. The highest BCUT2D eigenvalue weighted by Gasteiger charge is 2.20. The minimum Gasteiger partial charge on any atom is -0.491 e. The Hall–Kier alpha value is -3.03. The van der Waals surface area contributed by atoms with Crippen LogP contribution < -0.4 is 14.8 Å². The summed E-state index contributed by atoms with van der Waals surface area (Å²) in [6.07, 6.45) is 0. The third kappa shape index (κ3) is 5.99. The van der Waals surface area contributed by atoms with Gasteiger partial charge in [0.15, 0.2) is 0 Å². The maximum Gasteiger partial charge on any atom is 0.263 e. The molecule has 0 aliphatic heterocycles. The van der Waals surface area contributed by atoms with Gasteiger partial charge < -0.3 is 10.1 Å². The number of aryl methyl sites for hydroxylation is 2. The van der Waals surface area contributed by atoms with Crippen molar-refractivity contribution in [3.05, 3.63) is 88.4 Å². The van der Waals surface area contributed by atoms with E-state index < -0.39 is 15.9 Å². The minimum absolute atomic E-state index is 0.0274. The van der Waals surface area contributed by atoms with Crippen molar-refractivity contribution in [2.24, 2.45) is 0 Å². The number of hydrogen-bond acceptors (Lipinski definition) is 4. The molecule has 31 heavy (non-hydrogen) atoms. The van der Waals surface area contributed by atoms with Gasteiger partial charge in [-0.2, -0.15) is 0 Å². The first-order valence-corrected chi connectivity index (χ1v) is 11.5. The molecule has 0 saturated carbocycles. The third-order valence-electron chi connectivity index (χ3n) is 4.49. The van der Waals surface area contributed by atoms with E-state index in [2.05, 4.69) is 10.0 Å². The SMILES string of the molecule is Cc1cccc(NS(=O)(=O)c2cc(C(=O)NCCOc3ccccc3C)ccc2Cl)c1. The van der Waals surface area contributed by atoms with Gasteiger partial charge in [0.25, 0.3) is 15.9 Å². The number of rotatable bonds is 8. The first kappa shape index (κ1) is 22.7. The summed E-state index contributed by atoms with van der Waals surface area (Å²) in [7, 11) is -3.97. The first-order chi connectivity index (χ1) is 14.8. The Balaban J connectivity index is 1.66. The number of benzene rings is 3. The van der Waals surface area contributed by atoms with Gasteiger partial charge in [-0.1, -0.05) is 41.9 Å². The van der Waals surface area contributed by atoms with Crippen LogP contribution in [-0.2, 0) is 10.0 Å². The van der Waals surface area contributed by atoms with Crippen LogP contribution in [0.5, 0.6) is 5.75 Å². The number of nitrogens with one attached hydrogen (secondary N) is 2. The van der Waals surface area contributed by atoms with Crippen LogP contribution in [0.25, 0.3) is 0 Å². The Morgan fingerprint density at radius 2 is 1.77 bits per heavy atom. The van der Waals surface area contributed by atoms with E-state index in [0.717, 1.165) is 16.9 Å². The van der Waals surface area contributed by atoms with E-state index in [1.165, 1.54) is 18.2 Å². The maximum absolute atomic E-state index is 12.8. The summed E-state index contributed by atoms with van der Waals surface area (Å²) in [5.41, 5.74) is 2.51. The molecule has 0 spiro atoms. The molecule has 0 fully saturated rings. The zero-order valence-corrected chi connectivity index (χ0v) is 18.8. The van der Waals surface area contributed by atoms with Crippen molar-refractivity contribution in [2.45, 2.75) is 18.7 Å². The molecule has 0 unspecified atom stereocenters. The second kappa shape index (κ2) is 9.85. The van der Waals surface area contributed by atoms with Crippen LogP contribution >= 0.6 is 11.6 Å². The van der Waals surface area contributed by atoms with Gasteiger partial charge >= 0.3 is 0 Å². The molecule has 0 aliphatic rings. The molecule has 8 heteroatoms. The minimum atomic E-state index is -3.97. The molecule has 3 aromatic rings. The third-order valence-corrected chi connectivity index (χ3v) is 6.35. The number of halogens is 1. The molecular weight excluding hydrogens is 436 g/mol. The molecule has 1 amide bonds. The Morgan fingerprint density at radius 1 is 1.00 bits per heavy atom. The fourth-order valence-electron chi connectivity index (χ4n) is 2.92. The average Bonchev–Trinajstić information content (AvgIpc) is 2.72. The lowest BCUT2D eigenvalue weighted by molar-refractivity contribution is 0.0946. The van der Waals surface area contributed by atoms with Crippen LogP contribution in [0.4, 0.5) is 5.69 Å². The predicted molar refractivity (Wildman–Crippen MR) is 122 cm³/mol. The number of hydrogen-bond donors (Lipinski definition) is 2. The van der Waals surface area contributed by atoms with Crippen molar-refractivity contribution in [3.8, 4) is 5.75 Å². The first-order valence-electron chi connectivity index (χ1n) is 9.62. The normalized spacial score (nSPS) is 11.1. The molecule has 162 valence electrons. The van der Waals surface area contributed by atoms with Crippen molar-refractivity contribution >= 4 is 33.2 Å². The summed E-state index contributed by atoms with van der Waals surface area (Å²) in [6.45, 7) is 4.34. The van der Waals surface area contributed by atoms with Crippen LogP contribution in [-0.4, -0.2) is 27.5 Å². The summed E-state index contributed by atoms with van der Waals surface area (Å²) in [5, 5.41) is 2.75. The molecule has 2 N–H and O–H groups in total. The average molecular weight is 459 g/mol. The highest BCUT2D eigenvalue weighted by molar-refractivity contribution is 7.92. The van der Waals surface area contributed by atoms with Crippen LogP contribution in [0.2, 0.25) is 5.02 Å². The van der Waals surface area contributed by atoms with Gasteiger partial charge in [-0.05, 0) is 61.4 Å². The van der Waals surface area contributed by atoms with Crippen LogP contribution in [0.1, 0.15) is 21.5 Å². The molecule has 0 saturated heterocycles. The van der Waals surface area contributed by atoms with E-state index in [-0.39, 0.29) is 28.6 Å². The predicted octanol–water partition coefficient (Wildman–Crippen LogP) is 4.57. The summed E-state index contributed by atoms with van der Waals surface area (Å²) in [6, 6.07) is 18.7. The highest BCUT2D eigenvalue weighted by atomic mass is 35.5.